The molecule has 0 saturated heterocycles. The van der Waals surface area contributed by atoms with Crippen molar-refractivity contribution >= 4 is 15.7 Å². The maximum atomic E-state index is 13.2. The van der Waals surface area contributed by atoms with Crippen LogP contribution in [0.4, 0.5) is 10.1 Å². The molecule has 2 aromatic rings. The molecule has 0 fully saturated rings. The van der Waals surface area contributed by atoms with Gasteiger partial charge in [-0.2, -0.15) is 5.26 Å². The van der Waals surface area contributed by atoms with Crippen molar-refractivity contribution in [2.75, 3.05) is 4.72 Å². The van der Waals surface area contributed by atoms with Crippen LogP contribution in [0.2, 0.25) is 0 Å². The normalized spacial score (nSPS) is 11.0. The lowest BCUT2D eigenvalue weighted by Crippen LogP contribution is -2.14. The Balaban J connectivity index is 2.38. The molecule has 0 saturated carbocycles. The molecular weight excluding hydrogens is 293 g/mol. The van der Waals surface area contributed by atoms with E-state index in [-0.39, 0.29) is 16.1 Å². The first kappa shape index (κ1) is 14.9. The molecule has 108 valence electrons. The van der Waals surface area contributed by atoms with Crippen molar-refractivity contribution in [2.24, 2.45) is 0 Å². The van der Waals surface area contributed by atoms with Gasteiger partial charge in [0.05, 0.1) is 11.3 Å². The Kier molecular flexibility index (Phi) is 3.91. The van der Waals surface area contributed by atoms with Gasteiger partial charge in [-0.05, 0) is 43.7 Å². The lowest BCUT2D eigenvalue weighted by atomic mass is 10.2. The minimum atomic E-state index is -3.88. The Morgan fingerprint density at radius 3 is 2.62 bits per heavy atom. The standard InChI is InChI=1S/C14H12FN3O2S/c1-9-5-12(3-4-14(9)15)18-21(19,20)13-6-11(7-16)10(2)17-8-13/h3-6,8,18H,1-2H3. The van der Waals surface area contributed by atoms with Crippen LogP contribution in [0.3, 0.4) is 0 Å². The van der Waals surface area contributed by atoms with Crippen molar-refractivity contribution in [1.82, 2.24) is 4.98 Å². The van der Waals surface area contributed by atoms with Gasteiger partial charge in [-0.3, -0.25) is 9.71 Å². The number of anilines is 1. The molecule has 0 atom stereocenters. The quantitative estimate of drug-likeness (QED) is 0.944. The number of benzene rings is 1. The van der Waals surface area contributed by atoms with Gasteiger partial charge in [0.15, 0.2) is 0 Å². The predicted octanol–water partition coefficient (Wildman–Crippen LogP) is 2.51. The summed E-state index contributed by atoms with van der Waals surface area (Å²) in [5, 5.41) is 8.92. The van der Waals surface area contributed by atoms with Gasteiger partial charge in [-0.1, -0.05) is 0 Å². The number of aromatic nitrogens is 1. The zero-order valence-electron chi connectivity index (χ0n) is 11.4. The second-order valence-corrected chi connectivity index (χ2v) is 6.17. The van der Waals surface area contributed by atoms with Crippen LogP contribution in [0.25, 0.3) is 0 Å². The number of aryl methyl sites for hydroxylation is 2. The Morgan fingerprint density at radius 1 is 1.29 bits per heavy atom. The van der Waals surface area contributed by atoms with Crippen LogP contribution in [-0.2, 0) is 10.0 Å². The Bertz CT molecular complexity index is 842. The van der Waals surface area contributed by atoms with E-state index >= 15 is 0 Å². The molecule has 5 nitrogen and oxygen atoms in total. The molecule has 0 aliphatic heterocycles. The summed E-state index contributed by atoms with van der Waals surface area (Å²) >= 11 is 0. The molecule has 0 aliphatic rings. The third-order valence-corrected chi connectivity index (χ3v) is 4.25. The van der Waals surface area contributed by atoms with Crippen LogP contribution in [-0.4, -0.2) is 13.4 Å². The highest BCUT2D eigenvalue weighted by molar-refractivity contribution is 7.92. The maximum absolute atomic E-state index is 13.2. The van der Waals surface area contributed by atoms with Crippen LogP contribution in [0.1, 0.15) is 16.8 Å². The number of nitrogens with one attached hydrogen (secondary N) is 1. The van der Waals surface area contributed by atoms with E-state index in [0.29, 0.717) is 11.3 Å². The number of nitrogens with zero attached hydrogens (tertiary/aromatic N) is 2. The Morgan fingerprint density at radius 2 is 2.00 bits per heavy atom. The van der Waals surface area contributed by atoms with Crippen molar-refractivity contribution in [3.8, 4) is 6.07 Å². The van der Waals surface area contributed by atoms with E-state index in [9.17, 15) is 12.8 Å². The van der Waals surface area contributed by atoms with Crippen LogP contribution < -0.4 is 4.72 Å². The lowest BCUT2D eigenvalue weighted by molar-refractivity contribution is 0.600. The van der Waals surface area contributed by atoms with Gasteiger partial charge < -0.3 is 0 Å². The summed E-state index contributed by atoms with van der Waals surface area (Å²) < 4.78 is 39.9. The maximum Gasteiger partial charge on any atom is 0.263 e. The Hall–Kier alpha value is -2.46. The van der Waals surface area contributed by atoms with E-state index < -0.39 is 15.8 Å². The number of rotatable bonds is 3. The first-order valence-electron chi connectivity index (χ1n) is 5.99. The minimum Gasteiger partial charge on any atom is -0.280 e. The molecule has 0 spiro atoms. The summed E-state index contributed by atoms with van der Waals surface area (Å²) in [5.74, 6) is -0.415. The number of hydrogen-bond donors (Lipinski definition) is 1. The zero-order chi connectivity index (χ0) is 15.6. The van der Waals surface area contributed by atoms with Crippen molar-refractivity contribution in [2.45, 2.75) is 18.7 Å². The molecule has 7 heteroatoms. The summed E-state index contributed by atoms with van der Waals surface area (Å²) in [6.07, 6.45) is 1.18. The number of pyridine rings is 1. The van der Waals surface area contributed by atoms with Gasteiger partial charge in [0.25, 0.3) is 10.0 Å². The molecule has 0 radical (unpaired) electrons. The lowest BCUT2D eigenvalue weighted by Gasteiger charge is -2.09. The van der Waals surface area contributed by atoms with Gasteiger partial charge in [-0.15, -0.1) is 0 Å². The summed E-state index contributed by atoms with van der Waals surface area (Å²) in [7, 11) is -3.88. The number of nitriles is 1. The highest BCUT2D eigenvalue weighted by atomic mass is 32.2. The van der Waals surface area contributed by atoms with Crippen molar-refractivity contribution in [3.63, 3.8) is 0 Å². The first-order valence-corrected chi connectivity index (χ1v) is 7.47. The third-order valence-electron chi connectivity index (χ3n) is 2.90. The van der Waals surface area contributed by atoms with Crippen LogP contribution in [0.15, 0.2) is 35.4 Å². The molecule has 0 bridgehead atoms. The van der Waals surface area contributed by atoms with Gasteiger partial charge in [-0.25, -0.2) is 12.8 Å². The fraction of sp³-hybridized carbons (Fsp3) is 0.143. The van der Waals surface area contributed by atoms with E-state index in [1.807, 2.05) is 6.07 Å². The molecule has 2 rings (SSSR count). The number of halogens is 1. The van der Waals surface area contributed by atoms with E-state index in [2.05, 4.69) is 9.71 Å². The molecule has 21 heavy (non-hydrogen) atoms. The third kappa shape index (κ3) is 3.17. The molecule has 1 aromatic carbocycles. The number of sulfonamides is 1. The molecule has 0 aliphatic carbocycles. The van der Waals surface area contributed by atoms with Crippen LogP contribution in [0.5, 0.6) is 0 Å². The highest BCUT2D eigenvalue weighted by Crippen LogP contribution is 2.19. The second-order valence-electron chi connectivity index (χ2n) is 4.49. The van der Waals surface area contributed by atoms with Crippen molar-refractivity contribution in [1.29, 1.82) is 5.26 Å². The smallest absolute Gasteiger partial charge is 0.263 e. The predicted molar refractivity (Wildman–Crippen MR) is 75.6 cm³/mol. The van der Waals surface area contributed by atoms with E-state index in [4.69, 9.17) is 5.26 Å². The highest BCUT2D eigenvalue weighted by Gasteiger charge is 2.17. The van der Waals surface area contributed by atoms with E-state index in [1.165, 1.54) is 37.4 Å². The van der Waals surface area contributed by atoms with E-state index in [0.717, 1.165) is 0 Å². The molecular formula is C14H12FN3O2S. The topological polar surface area (TPSA) is 82.8 Å². The van der Waals surface area contributed by atoms with Crippen molar-refractivity contribution < 1.29 is 12.8 Å². The first-order chi connectivity index (χ1) is 9.83. The summed E-state index contributed by atoms with van der Waals surface area (Å²) in [6.45, 7) is 3.15. The molecule has 0 amide bonds. The minimum absolute atomic E-state index is 0.119. The molecule has 1 N–H and O–H groups in total. The van der Waals surface area contributed by atoms with Gasteiger partial charge in [0, 0.05) is 11.9 Å². The fourth-order valence-electron chi connectivity index (χ4n) is 1.70. The van der Waals surface area contributed by atoms with Crippen LogP contribution in [0, 0.1) is 31.0 Å². The molecule has 0 unspecified atom stereocenters. The zero-order valence-corrected chi connectivity index (χ0v) is 12.2. The van der Waals surface area contributed by atoms with Crippen LogP contribution >= 0.6 is 0 Å². The average molecular weight is 305 g/mol. The second kappa shape index (κ2) is 5.50. The van der Waals surface area contributed by atoms with Crippen molar-refractivity contribution in [3.05, 3.63) is 53.1 Å². The Labute approximate surface area is 122 Å². The average Bonchev–Trinajstić information content (AvgIpc) is 2.43. The summed E-state index contributed by atoms with van der Waals surface area (Å²) in [5.41, 5.74) is 1.21. The molecule has 1 aromatic heterocycles. The SMILES string of the molecule is Cc1cc(NS(=O)(=O)c2cnc(C)c(C#N)c2)ccc1F. The van der Waals surface area contributed by atoms with Gasteiger partial charge in [0.1, 0.15) is 16.8 Å². The van der Waals surface area contributed by atoms with Gasteiger partial charge in [0.2, 0.25) is 0 Å². The van der Waals surface area contributed by atoms with E-state index in [1.54, 1.807) is 6.92 Å². The molecule has 1 heterocycles. The largest absolute Gasteiger partial charge is 0.280 e. The monoisotopic (exact) mass is 305 g/mol. The number of hydrogen-bond acceptors (Lipinski definition) is 4. The summed E-state index contributed by atoms with van der Waals surface area (Å²) in [6, 6.07) is 7.03. The van der Waals surface area contributed by atoms with Gasteiger partial charge >= 0.3 is 0 Å². The summed E-state index contributed by atoms with van der Waals surface area (Å²) in [4.78, 5) is 3.77. The fourth-order valence-corrected chi connectivity index (χ4v) is 2.72.